The summed E-state index contributed by atoms with van der Waals surface area (Å²) in [5.41, 5.74) is 1.99. The van der Waals surface area contributed by atoms with E-state index in [2.05, 4.69) is 40.1 Å². The number of para-hydroxylation sites is 1. The van der Waals surface area contributed by atoms with Crippen LogP contribution >= 0.6 is 0 Å². The molecule has 5 heteroatoms. The summed E-state index contributed by atoms with van der Waals surface area (Å²) in [6.45, 7) is 3.92. The van der Waals surface area contributed by atoms with Gasteiger partial charge in [0.05, 0.1) is 5.56 Å². The van der Waals surface area contributed by atoms with Crippen LogP contribution in [0.4, 0.5) is 0 Å². The Hall–Kier alpha value is -2.53. The highest BCUT2D eigenvalue weighted by molar-refractivity contribution is 5.98. The molecule has 2 fully saturated rings. The molecule has 0 aliphatic carbocycles. The highest BCUT2D eigenvalue weighted by Crippen LogP contribution is 2.37. The molecule has 0 aromatic heterocycles. The van der Waals surface area contributed by atoms with E-state index >= 15 is 0 Å². The molecule has 0 saturated carbocycles. The van der Waals surface area contributed by atoms with Gasteiger partial charge in [0.1, 0.15) is 13.2 Å². The molecule has 2 saturated heterocycles. The first-order valence-corrected chi connectivity index (χ1v) is 10.8. The van der Waals surface area contributed by atoms with Crippen molar-refractivity contribution in [3.63, 3.8) is 0 Å². The van der Waals surface area contributed by atoms with Crippen molar-refractivity contribution < 1.29 is 14.3 Å². The van der Waals surface area contributed by atoms with Crippen LogP contribution in [0.15, 0.2) is 48.5 Å². The van der Waals surface area contributed by atoms with E-state index in [9.17, 15) is 4.79 Å². The predicted molar refractivity (Wildman–Crippen MR) is 111 cm³/mol. The Morgan fingerprint density at radius 1 is 0.897 bits per heavy atom. The number of rotatable bonds is 4. The molecule has 3 aliphatic heterocycles. The number of likely N-dealkylation sites (tertiary alicyclic amines) is 2. The molecule has 0 spiro atoms. The van der Waals surface area contributed by atoms with Crippen LogP contribution in [0.5, 0.6) is 11.5 Å². The molecule has 2 aromatic carbocycles. The summed E-state index contributed by atoms with van der Waals surface area (Å²) in [6, 6.07) is 17.0. The number of carbonyl (C=O) groups excluding carboxylic acids is 1. The summed E-state index contributed by atoms with van der Waals surface area (Å²) >= 11 is 0. The van der Waals surface area contributed by atoms with Crippen molar-refractivity contribution >= 4 is 5.91 Å². The summed E-state index contributed by atoms with van der Waals surface area (Å²) < 4.78 is 11.5. The second-order valence-corrected chi connectivity index (χ2v) is 8.20. The van der Waals surface area contributed by atoms with E-state index in [4.69, 9.17) is 9.47 Å². The van der Waals surface area contributed by atoms with Gasteiger partial charge in [-0.1, -0.05) is 36.4 Å². The molecule has 0 N–H and O–H groups in total. The highest BCUT2D eigenvalue weighted by Gasteiger charge is 2.40. The van der Waals surface area contributed by atoms with Gasteiger partial charge < -0.3 is 14.4 Å². The lowest BCUT2D eigenvalue weighted by Crippen LogP contribution is -2.48. The van der Waals surface area contributed by atoms with E-state index in [1.54, 1.807) is 0 Å². The Kier molecular flexibility index (Phi) is 5.15. The normalized spacial score (nSPS) is 24.1. The minimum absolute atomic E-state index is 0.0846. The molecule has 2 unspecified atom stereocenters. The molecule has 2 atom stereocenters. The Labute approximate surface area is 172 Å². The van der Waals surface area contributed by atoms with Gasteiger partial charge in [0.25, 0.3) is 5.91 Å². The monoisotopic (exact) mass is 392 g/mol. The minimum Gasteiger partial charge on any atom is -0.486 e. The quantitative estimate of drug-likeness (QED) is 0.795. The molecule has 1 amide bonds. The van der Waals surface area contributed by atoms with Gasteiger partial charge in [-0.3, -0.25) is 9.69 Å². The van der Waals surface area contributed by atoms with E-state index < -0.39 is 0 Å². The number of fused-ring (bicyclic) bond motifs is 1. The van der Waals surface area contributed by atoms with Crippen molar-refractivity contribution in [1.82, 2.24) is 9.80 Å². The van der Waals surface area contributed by atoms with Crippen LogP contribution in [0.25, 0.3) is 0 Å². The van der Waals surface area contributed by atoms with Gasteiger partial charge >= 0.3 is 0 Å². The van der Waals surface area contributed by atoms with E-state index in [1.807, 2.05) is 18.2 Å². The smallest absolute Gasteiger partial charge is 0.258 e. The Bertz CT molecular complexity index is 870. The van der Waals surface area contributed by atoms with Gasteiger partial charge in [-0.2, -0.15) is 0 Å². The largest absolute Gasteiger partial charge is 0.486 e. The Morgan fingerprint density at radius 2 is 1.69 bits per heavy atom. The maximum Gasteiger partial charge on any atom is 0.258 e. The zero-order valence-corrected chi connectivity index (χ0v) is 16.8. The third-order valence-corrected chi connectivity index (χ3v) is 6.44. The summed E-state index contributed by atoms with van der Waals surface area (Å²) in [4.78, 5) is 18.2. The number of hydrogen-bond acceptors (Lipinski definition) is 4. The first-order valence-electron chi connectivity index (χ1n) is 10.8. The predicted octanol–water partition coefficient (Wildman–Crippen LogP) is 3.73. The molecule has 5 nitrogen and oxygen atoms in total. The molecule has 5 rings (SSSR count). The van der Waals surface area contributed by atoms with Gasteiger partial charge in [-0.25, -0.2) is 0 Å². The van der Waals surface area contributed by atoms with Gasteiger partial charge in [-0.15, -0.1) is 0 Å². The molecule has 2 aromatic rings. The van der Waals surface area contributed by atoms with Crippen molar-refractivity contribution in [3.8, 4) is 11.5 Å². The number of ether oxygens (including phenoxy) is 2. The van der Waals surface area contributed by atoms with Gasteiger partial charge in [0.15, 0.2) is 11.5 Å². The van der Waals surface area contributed by atoms with Gasteiger partial charge in [0.2, 0.25) is 0 Å². The lowest BCUT2D eigenvalue weighted by Gasteiger charge is -2.35. The third kappa shape index (κ3) is 3.60. The first-order chi connectivity index (χ1) is 14.3. The zero-order valence-electron chi connectivity index (χ0n) is 16.8. The maximum atomic E-state index is 13.5. The van der Waals surface area contributed by atoms with Crippen LogP contribution in [0.3, 0.4) is 0 Å². The summed E-state index contributed by atoms with van der Waals surface area (Å²) in [5.74, 6) is 1.38. The molecule has 0 bridgehead atoms. The number of benzene rings is 2. The van der Waals surface area contributed by atoms with Gasteiger partial charge in [-0.05, 0) is 49.9 Å². The number of nitrogens with zero attached hydrogens (tertiary/aromatic N) is 2. The van der Waals surface area contributed by atoms with E-state index in [0.29, 0.717) is 36.3 Å². The lowest BCUT2D eigenvalue weighted by atomic mass is 10.0. The lowest BCUT2D eigenvalue weighted by molar-refractivity contribution is 0.0630. The van der Waals surface area contributed by atoms with Crippen LogP contribution in [0.2, 0.25) is 0 Å². The van der Waals surface area contributed by atoms with Gasteiger partial charge in [0, 0.05) is 25.2 Å². The number of hydrogen-bond donors (Lipinski definition) is 0. The van der Waals surface area contributed by atoms with Crippen molar-refractivity contribution in [2.45, 2.75) is 44.3 Å². The molecule has 3 heterocycles. The topological polar surface area (TPSA) is 42.0 Å². The Morgan fingerprint density at radius 3 is 2.59 bits per heavy atom. The molecular formula is C24H28N2O3. The average Bonchev–Trinajstić information content (AvgIpc) is 3.43. The molecular weight excluding hydrogens is 364 g/mol. The SMILES string of the molecule is O=C(c1cccc2c1OCCO2)N1CCCC1C1CCCN1Cc1ccccc1. The molecule has 152 valence electrons. The molecule has 0 radical (unpaired) electrons. The molecule has 3 aliphatic rings. The van der Waals surface area contributed by atoms with Crippen LogP contribution in [-0.2, 0) is 6.54 Å². The fraction of sp³-hybridized carbons (Fsp3) is 0.458. The summed E-state index contributed by atoms with van der Waals surface area (Å²) in [5, 5.41) is 0. The fourth-order valence-electron chi connectivity index (χ4n) is 5.14. The average molecular weight is 392 g/mol. The second-order valence-electron chi connectivity index (χ2n) is 8.20. The molecule has 29 heavy (non-hydrogen) atoms. The summed E-state index contributed by atoms with van der Waals surface area (Å²) in [6.07, 6.45) is 4.51. The van der Waals surface area contributed by atoms with Crippen molar-refractivity contribution in [3.05, 3.63) is 59.7 Å². The van der Waals surface area contributed by atoms with Crippen LogP contribution in [0, 0.1) is 0 Å². The standard InChI is InChI=1S/C24H28N2O3/c27-24(19-9-4-12-22-23(19)29-16-15-28-22)26-14-6-11-21(26)20-10-5-13-25(20)17-18-7-2-1-3-8-18/h1-4,7-9,12,20-21H,5-6,10-11,13-17H2. The minimum atomic E-state index is 0.0846. The van der Waals surface area contributed by atoms with Crippen molar-refractivity contribution in [2.75, 3.05) is 26.3 Å². The fourth-order valence-corrected chi connectivity index (χ4v) is 5.14. The number of carbonyl (C=O) groups is 1. The van der Waals surface area contributed by atoms with Crippen LogP contribution in [-0.4, -0.2) is 54.1 Å². The van der Waals surface area contributed by atoms with Crippen molar-refractivity contribution in [1.29, 1.82) is 0 Å². The summed E-state index contributed by atoms with van der Waals surface area (Å²) in [7, 11) is 0. The Balaban J connectivity index is 1.37. The second kappa shape index (κ2) is 8.07. The van der Waals surface area contributed by atoms with Crippen LogP contribution < -0.4 is 9.47 Å². The first kappa shape index (κ1) is 18.5. The third-order valence-electron chi connectivity index (χ3n) is 6.44. The van der Waals surface area contributed by atoms with Crippen molar-refractivity contribution in [2.24, 2.45) is 0 Å². The zero-order chi connectivity index (χ0) is 19.6. The highest BCUT2D eigenvalue weighted by atomic mass is 16.6. The van der Waals surface area contributed by atoms with E-state index in [1.165, 1.54) is 12.0 Å². The number of amides is 1. The van der Waals surface area contributed by atoms with E-state index in [0.717, 1.165) is 38.9 Å². The van der Waals surface area contributed by atoms with Crippen LogP contribution in [0.1, 0.15) is 41.6 Å². The maximum absolute atomic E-state index is 13.5. The van der Waals surface area contributed by atoms with E-state index in [-0.39, 0.29) is 11.9 Å².